The van der Waals surface area contributed by atoms with Gasteiger partial charge in [-0.15, -0.1) is 11.3 Å². The first-order valence-corrected chi connectivity index (χ1v) is 5.82. The lowest BCUT2D eigenvalue weighted by atomic mass is 9.75. The first kappa shape index (κ1) is 9.16. The Kier molecular flexibility index (Phi) is 2.39. The summed E-state index contributed by atoms with van der Waals surface area (Å²) < 4.78 is 0. The van der Waals surface area contributed by atoms with Crippen LogP contribution >= 0.6 is 11.3 Å². The molecule has 1 heterocycles. The SMILES string of the molecule is CCc1nc(CC2(N)CCC2)cs1. The molecule has 1 fully saturated rings. The molecule has 0 atom stereocenters. The van der Waals surface area contributed by atoms with E-state index in [2.05, 4.69) is 17.3 Å². The highest BCUT2D eigenvalue weighted by Gasteiger charge is 2.33. The molecular formula is C10H16N2S. The zero-order valence-electron chi connectivity index (χ0n) is 8.05. The van der Waals surface area contributed by atoms with Crippen LogP contribution in [0, 0.1) is 0 Å². The van der Waals surface area contributed by atoms with Crippen molar-refractivity contribution in [3.8, 4) is 0 Å². The molecule has 0 spiro atoms. The molecule has 0 amide bonds. The summed E-state index contributed by atoms with van der Waals surface area (Å²) in [7, 11) is 0. The van der Waals surface area contributed by atoms with E-state index >= 15 is 0 Å². The molecule has 0 bridgehead atoms. The summed E-state index contributed by atoms with van der Waals surface area (Å²) in [6.45, 7) is 2.14. The van der Waals surface area contributed by atoms with Gasteiger partial charge in [-0.3, -0.25) is 0 Å². The molecule has 1 aromatic heterocycles. The molecule has 3 heteroatoms. The maximum atomic E-state index is 6.15. The second-order valence-electron chi connectivity index (χ2n) is 3.98. The predicted octanol–water partition coefficient (Wildman–Crippen LogP) is 2.13. The van der Waals surface area contributed by atoms with E-state index in [9.17, 15) is 0 Å². The Bertz CT molecular complexity index is 289. The molecule has 1 aromatic rings. The summed E-state index contributed by atoms with van der Waals surface area (Å²) >= 11 is 1.76. The third-order valence-electron chi connectivity index (χ3n) is 2.78. The van der Waals surface area contributed by atoms with Gasteiger partial charge in [-0.25, -0.2) is 4.98 Å². The molecule has 0 aliphatic heterocycles. The van der Waals surface area contributed by atoms with Crippen LogP contribution in [0.4, 0.5) is 0 Å². The van der Waals surface area contributed by atoms with E-state index in [1.165, 1.54) is 30.0 Å². The molecule has 0 unspecified atom stereocenters. The van der Waals surface area contributed by atoms with Gasteiger partial charge in [-0.2, -0.15) is 0 Å². The number of rotatable bonds is 3. The van der Waals surface area contributed by atoms with Gasteiger partial charge in [0.25, 0.3) is 0 Å². The van der Waals surface area contributed by atoms with Crippen molar-refractivity contribution in [1.29, 1.82) is 0 Å². The zero-order valence-corrected chi connectivity index (χ0v) is 8.86. The molecule has 72 valence electrons. The lowest BCUT2D eigenvalue weighted by Gasteiger charge is -2.37. The fourth-order valence-electron chi connectivity index (χ4n) is 1.76. The molecule has 1 aliphatic rings. The Morgan fingerprint density at radius 1 is 1.62 bits per heavy atom. The van der Waals surface area contributed by atoms with E-state index in [1.807, 2.05) is 0 Å². The molecule has 2 rings (SSSR count). The van der Waals surface area contributed by atoms with E-state index in [1.54, 1.807) is 11.3 Å². The number of nitrogens with zero attached hydrogens (tertiary/aromatic N) is 1. The minimum Gasteiger partial charge on any atom is -0.325 e. The fraction of sp³-hybridized carbons (Fsp3) is 0.700. The number of thiazole rings is 1. The van der Waals surface area contributed by atoms with Gasteiger partial charge in [-0.1, -0.05) is 6.92 Å². The van der Waals surface area contributed by atoms with Gasteiger partial charge >= 0.3 is 0 Å². The predicted molar refractivity (Wildman–Crippen MR) is 56.0 cm³/mol. The van der Waals surface area contributed by atoms with Crippen molar-refractivity contribution < 1.29 is 0 Å². The third kappa shape index (κ3) is 1.92. The van der Waals surface area contributed by atoms with E-state index in [0.29, 0.717) is 0 Å². The smallest absolute Gasteiger partial charge is 0.0925 e. The van der Waals surface area contributed by atoms with Crippen LogP contribution in [0.1, 0.15) is 36.9 Å². The zero-order chi connectivity index (χ0) is 9.31. The quantitative estimate of drug-likeness (QED) is 0.804. The van der Waals surface area contributed by atoms with Gasteiger partial charge in [-0.05, 0) is 25.7 Å². The van der Waals surface area contributed by atoms with Crippen LogP contribution in [0.5, 0.6) is 0 Å². The first-order valence-electron chi connectivity index (χ1n) is 4.94. The topological polar surface area (TPSA) is 38.9 Å². The number of nitrogens with two attached hydrogens (primary N) is 1. The molecular weight excluding hydrogens is 180 g/mol. The fourth-order valence-corrected chi connectivity index (χ4v) is 2.51. The van der Waals surface area contributed by atoms with Crippen LogP contribution < -0.4 is 5.73 Å². The van der Waals surface area contributed by atoms with Gasteiger partial charge < -0.3 is 5.73 Å². The van der Waals surface area contributed by atoms with Crippen LogP contribution in [0.3, 0.4) is 0 Å². The van der Waals surface area contributed by atoms with Crippen molar-refractivity contribution in [2.24, 2.45) is 5.73 Å². The van der Waals surface area contributed by atoms with Crippen molar-refractivity contribution in [2.45, 2.75) is 44.6 Å². The van der Waals surface area contributed by atoms with Crippen molar-refractivity contribution in [2.75, 3.05) is 0 Å². The van der Waals surface area contributed by atoms with Crippen LogP contribution in [0.25, 0.3) is 0 Å². The van der Waals surface area contributed by atoms with Crippen LogP contribution in [0.2, 0.25) is 0 Å². The van der Waals surface area contributed by atoms with E-state index in [-0.39, 0.29) is 5.54 Å². The monoisotopic (exact) mass is 196 g/mol. The molecule has 0 aromatic carbocycles. The number of aromatic nitrogens is 1. The Morgan fingerprint density at radius 3 is 2.85 bits per heavy atom. The molecule has 2 nitrogen and oxygen atoms in total. The largest absolute Gasteiger partial charge is 0.325 e. The van der Waals surface area contributed by atoms with Gasteiger partial charge in [0.15, 0.2) is 0 Å². The third-order valence-corrected chi connectivity index (χ3v) is 3.83. The van der Waals surface area contributed by atoms with E-state index in [4.69, 9.17) is 5.73 Å². The number of hydrogen-bond donors (Lipinski definition) is 1. The highest BCUT2D eigenvalue weighted by Crippen LogP contribution is 2.32. The summed E-state index contributed by atoms with van der Waals surface area (Å²) in [5, 5.41) is 3.39. The minimum absolute atomic E-state index is 0.0824. The Hall–Kier alpha value is -0.410. The van der Waals surface area contributed by atoms with Crippen molar-refractivity contribution >= 4 is 11.3 Å². The highest BCUT2D eigenvalue weighted by atomic mass is 32.1. The van der Waals surface area contributed by atoms with Crippen LogP contribution in [-0.2, 0) is 12.8 Å². The molecule has 1 aliphatic carbocycles. The maximum absolute atomic E-state index is 6.15. The lowest BCUT2D eigenvalue weighted by Crippen LogP contribution is -2.48. The highest BCUT2D eigenvalue weighted by molar-refractivity contribution is 7.09. The molecule has 2 N–H and O–H groups in total. The van der Waals surface area contributed by atoms with Crippen LogP contribution in [-0.4, -0.2) is 10.5 Å². The molecule has 0 radical (unpaired) electrons. The minimum atomic E-state index is 0.0824. The molecule has 13 heavy (non-hydrogen) atoms. The van der Waals surface area contributed by atoms with Crippen molar-refractivity contribution in [3.63, 3.8) is 0 Å². The number of hydrogen-bond acceptors (Lipinski definition) is 3. The molecule has 0 saturated heterocycles. The summed E-state index contributed by atoms with van der Waals surface area (Å²) in [5.41, 5.74) is 7.43. The summed E-state index contributed by atoms with van der Waals surface area (Å²) in [6, 6.07) is 0. The van der Waals surface area contributed by atoms with E-state index < -0.39 is 0 Å². The average molecular weight is 196 g/mol. The number of aryl methyl sites for hydroxylation is 1. The summed E-state index contributed by atoms with van der Waals surface area (Å²) in [4.78, 5) is 4.53. The second kappa shape index (κ2) is 3.39. The van der Waals surface area contributed by atoms with Crippen LogP contribution in [0.15, 0.2) is 5.38 Å². The summed E-state index contributed by atoms with van der Waals surface area (Å²) in [6.07, 6.45) is 5.66. The van der Waals surface area contributed by atoms with Gasteiger partial charge in [0.1, 0.15) is 0 Å². The lowest BCUT2D eigenvalue weighted by molar-refractivity contribution is 0.246. The maximum Gasteiger partial charge on any atom is 0.0925 e. The second-order valence-corrected chi connectivity index (χ2v) is 4.92. The average Bonchev–Trinajstić information content (AvgIpc) is 2.49. The van der Waals surface area contributed by atoms with Gasteiger partial charge in [0.05, 0.1) is 10.7 Å². The first-order chi connectivity index (χ1) is 6.22. The Balaban J connectivity index is 2.01. The van der Waals surface area contributed by atoms with Gasteiger partial charge in [0, 0.05) is 17.3 Å². The molecule has 1 saturated carbocycles. The van der Waals surface area contributed by atoms with Gasteiger partial charge in [0.2, 0.25) is 0 Å². The Morgan fingerprint density at radius 2 is 2.38 bits per heavy atom. The normalized spacial score (nSPS) is 19.8. The van der Waals surface area contributed by atoms with E-state index in [0.717, 1.165) is 12.8 Å². The standard InChI is InChI=1S/C10H16N2S/c1-2-9-12-8(7-13-9)6-10(11)4-3-5-10/h7H,2-6,11H2,1H3. The van der Waals surface area contributed by atoms with Crippen molar-refractivity contribution in [1.82, 2.24) is 4.98 Å². The van der Waals surface area contributed by atoms with Crippen molar-refractivity contribution in [3.05, 3.63) is 16.1 Å². The summed E-state index contributed by atoms with van der Waals surface area (Å²) in [5.74, 6) is 0. The Labute approximate surface area is 83.2 Å².